The van der Waals surface area contributed by atoms with Crippen molar-refractivity contribution in [2.24, 2.45) is 0 Å². The monoisotopic (exact) mass is 455 g/mol. The average Bonchev–Trinajstić information content (AvgIpc) is 2.89. The number of benzene rings is 2. The summed E-state index contributed by atoms with van der Waals surface area (Å²) in [5.41, 5.74) is 1.41. The van der Waals surface area contributed by atoms with E-state index in [4.69, 9.17) is 28.4 Å². The van der Waals surface area contributed by atoms with Gasteiger partial charge in [-0.15, -0.1) is 0 Å². The predicted octanol–water partition coefficient (Wildman–Crippen LogP) is 2.40. The van der Waals surface area contributed by atoms with E-state index in [2.05, 4.69) is 4.90 Å². The largest absolute Gasteiger partial charge is 0.452 e. The van der Waals surface area contributed by atoms with Crippen LogP contribution in [0.3, 0.4) is 0 Å². The molecule has 0 aromatic heterocycles. The number of carbonyl (C=O) groups is 1. The number of ether oxygens (including phenoxy) is 6. The van der Waals surface area contributed by atoms with E-state index >= 15 is 0 Å². The van der Waals surface area contributed by atoms with Gasteiger partial charge in [-0.25, -0.2) is 4.79 Å². The van der Waals surface area contributed by atoms with E-state index in [1.165, 1.54) is 0 Å². The molecule has 8 heteroatoms. The molecule has 0 saturated carbocycles. The Morgan fingerprint density at radius 1 is 0.970 bits per heavy atom. The Balaban J connectivity index is 1.44. The third kappa shape index (κ3) is 4.82. The minimum absolute atomic E-state index is 0.277. The van der Waals surface area contributed by atoms with Crippen LogP contribution in [0.2, 0.25) is 0 Å². The maximum Gasteiger partial charge on any atom is 0.338 e. The van der Waals surface area contributed by atoms with E-state index < -0.39 is 24.7 Å². The van der Waals surface area contributed by atoms with Gasteiger partial charge in [0.05, 0.1) is 31.4 Å². The summed E-state index contributed by atoms with van der Waals surface area (Å²) in [5, 5.41) is 0. The summed E-state index contributed by atoms with van der Waals surface area (Å²) in [5.74, 6) is -0.422. The van der Waals surface area contributed by atoms with Gasteiger partial charge in [-0.2, -0.15) is 0 Å². The molecule has 0 radical (unpaired) electrons. The Labute approximate surface area is 193 Å². The van der Waals surface area contributed by atoms with E-state index in [1.807, 2.05) is 48.5 Å². The van der Waals surface area contributed by atoms with Crippen LogP contribution in [0.4, 0.5) is 0 Å². The van der Waals surface area contributed by atoms with Crippen LogP contribution in [-0.2, 0) is 28.4 Å². The fourth-order valence-electron chi connectivity index (χ4n) is 4.72. The first-order chi connectivity index (χ1) is 16.2. The molecule has 2 aromatic rings. The molecule has 3 aliphatic rings. The predicted molar refractivity (Wildman–Crippen MR) is 118 cm³/mol. The standard InChI is InChI=1S/C25H29NO7/c1-28-25-22(32-23(27)17-8-4-2-5-9-17)20(26-12-14-29-15-13-26)21-19(31-25)16-30-24(33-21)18-10-6-3-7-11-18/h2-11,19-22,24-25H,12-16H2,1H3/t19-,20-,21-,22+,24-,25+/m1/s1. The van der Waals surface area contributed by atoms with E-state index in [0.717, 1.165) is 5.56 Å². The molecule has 5 rings (SSSR count). The lowest BCUT2D eigenvalue weighted by atomic mass is 9.92. The minimum Gasteiger partial charge on any atom is -0.452 e. The lowest BCUT2D eigenvalue weighted by Gasteiger charge is -2.52. The first kappa shape index (κ1) is 22.5. The number of fused-ring (bicyclic) bond motifs is 1. The van der Waals surface area contributed by atoms with E-state index in [9.17, 15) is 4.79 Å². The molecule has 0 unspecified atom stereocenters. The van der Waals surface area contributed by atoms with Crippen molar-refractivity contribution in [2.75, 3.05) is 40.0 Å². The third-order valence-electron chi connectivity index (χ3n) is 6.33. The van der Waals surface area contributed by atoms with Crippen LogP contribution >= 0.6 is 0 Å². The van der Waals surface area contributed by atoms with Crippen molar-refractivity contribution in [3.8, 4) is 0 Å². The van der Waals surface area contributed by atoms with Gasteiger partial charge in [-0.3, -0.25) is 4.90 Å². The number of methoxy groups -OCH3 is 1. The number of carbonyl (C=O) groups excluding carboxylic acids is 1. The van der Waals surface area contributed by atoms with Gasteiger partial charge in [0, 0.05) is 25.8 Å². The van der Waals surface area contributed by atoms with Crippen molar-refractivity contribution in [2.45, 2.75) is 36.9 Å². The summed E-state index contributed by atoms with van der Waals surface area (Å²) < 4.78 is 35.9. The molecule has 3 heterocycles. The zero-order chi connectivity index (χ0) is 22.6. The van der Waals surface area contributed by atoms with Gasteiger partial charge in [0.2, 0.25) is 0 Å². The van der Waals surface area contributed by atoms with E-state index in [0.29, 0.717) is 38.5 Å². The lowest BCUT2D eigenvalue weighted by Crippen LogP contribution is -2.69. The second-order valence-electron chi connectivity index (χ2n) is 8.33. The highest BCUT2D eigenvalue weighted by Gasteiger charge is 2.54. The van der Waals surface area contributed by atoms with Crippen molar-refractivity contribution in [1.82, 2.24) is 4.90 Å². The van der Waals surface area contributed by atoms with Crippen LogP contribution in [0, 0.1) is 0 Å². The maximum absolute atomic E-state index is 13.0. The Morgan fingerprint density at radius 3 is 2.36 bits per heavy atom. The van der Waals surface area contributed by atoms with Gasteiger partial charge in [0.1, 0.15) is 12.2 Å². The highest BCUT2D eigenvalue weighted by molar-refractivity contribution is 5.89. The molecule has 0 amide bonds. The van der Waals surface area contributed by atoms with Crippen LogP contribution < -0.4 is 0 Å². The van der Waals surface area contributed by atoms with Gasteiger partial charge in [-0.1, -0.05) is 48.5 Å². The molecular formula is C25H29NO7. The molecule has 3 aliphatic heterocycles. The zero-order valence-corrected chi connectivity index (χ0v) is 18.6. The third-order valence-corrected chi connectivity index (χ3v) is 6.33. The fraction of sp³-hybridized carbons (Fsp3) is 0.480. The van der Waals surface area contributed by atoms with Crippen LogP contribution in [0.1, 0.15) is 22.2 Å². The Bertz CT molecular complexity index is 905. The number of rotatable bonds is 5. The summed E-state index contributed by atoms with van der Waals surface area (Å²) in [6.45, 7) is 2.95. The Morgan fingerprint density at radius 2 is 1.67 bits per heavy atom. The van der Waals surface area contributed by atoms with Crippen molar-refractivity contribution in [3.05, 3.63) is 71.8 Å². The molecule has 176 valence electrons. The zero-order valence-electron chi connectivity index (χ0n) is 18.6. The summed E-state index contributed by atoms with van der Waals surface area (Å²) in [7, 11) is 1.56. The van der Waals surface area contributed by atoms with Gasteiger partial charge in [0.15, 0.2) is 18.7 Å². The van der Waals surface area contributed by atoms with Crippen LogP contribution in [0.5, 0.6) is 0 Å². The van der Waals surface area contributed by atoms with Gasteiger partial charge in [-0.05, 0) is 12.1 Å². The molecule has 0 spiro atoms. The fourth-order valence-corrected chi connectivity index (χ4v) is 4.72. The highest BCUT2D eigenvalue weighted by atomic mass is 16.8. The van der Waals surface area contributed by atoms with Crippen molar-refractivity contribution < 1.29 is 33.2 Å². The van der Waals surface area contributed by atoms with Crippen LogP contribution in [0.25, 0.3) is 0 Å². The van der Waals surface area contributed by atoms with E-state index in [-0.39, 0.29) is 18.2 Å². The molecular weight excluding hydrogens is 426 g/mol. The second-order valence-corrected chi connectivity index (χ2v) is 8.33. The van der Waals surface area contributed by atoms with Gasteiger partial charge in [0.25, 0.3) is 0 Å². The van der Waals surface area contributed by atoms with Crippen molar-refractivity contribution in [3.63, 3.8) is 0 Å². The number of hydrogen-bond donors (Lipinski definition) is 0. The number of nitrogens with zero attached hydrogens (tertiary/aromatic N) is 1. The topological polar surface area (TPSA) is 75.7 Å². The van der Waals surface area contributed by atoms with Crippen LogP contribution in [0.15, 0.2) is 60.7 Å². The minimum atomic E-state index is -0.743. The van der Waals surface area contributed by atoms with Gasteiger partial charge < -0.3 is 28.4 Å². The molecule has 2 aromatic carbocycles. The van der Waals surface area contributed by atoms with E-state index in [1.54, 1.807) is 19.2 Å². The normalized spacial score (nSPS) is 32.6. The average molecular weight is 456 g/mol. The van der Waals surface area contributed by atoms with Gasteiger partial charge >= 0.3 is 5.97 Å². The summed E-state index contributed by atoms with van der Waals surface area (Å²) in [6, 6.07) is 18.5. The maximum atomic E-state index is 13.0. The van der Waals surface area contributed by atoms with Crippen LogP contribution in [-0.4, -0.2) is 81.5 Å². The first-order valence-corrected chi connectivity index (χ1v) is 11.3. The molecule has 3 fully saturated rings. The number of esters is 1. The molecule has 0 aliphatic carbocycles. The summed E-state index contributed by atoms with van der Waals surface area (Å²) in [6.07, 6.45) is -2.68. The summed E-state index contributed by atoms with van der Waals surface area (Å²) >= 11 is 0. The Kier molecular flexibility index (Phi) is 7.01. The highest BCUT2D eigenvalue weighted by Crippen LogP contribution is 2.37. The molecule has 6 atom stereocenters. The molecule has 0 bridgehead atoms. The number of hydrogen-bond acceptors (Lipinski definition) is 8. The molecule has 0 N–H and O–H groups in total. The molecule has 3 saturated heterocycles. The SMILES string of the molecule is CO[C@H]1O[C@@H]2CO[C@@H](c3ccccc3)O[C@H]2[C@@H](N2CCOCC2)[C@@H]1OC(=O)c1ccccc1. The lowest BCUT2D eigenvalue weighted by molar-refractivity contribution is -0.350. The smallest absolute Gasteiger partial charge is 0.338 e. The molecule has 8 nitrogen and oxygen atoms in total. The quantitative estimate of drug-likeness (QED) is 0.637. The first-order valence-electron chi connectivity index (χ1n) is 11.3. The van der Waals surface area contributed by atoms with Crippen molar-refractivity contribution in [1.29, 1.82) is 0 Å². The number of morpholine rings is 1. The molecule has 33 heavy (non-hydrogen) atoms. The second kappa shape index (κ2) is 10.3. The Hall–Kier alpha value is -2.33. The summed E-state index contributed by atoms with van der Waals surface area (Å²) in [4.78, 5) is 15.3. The van der Waals surface area contributed by atoms with Crippen molar-refractivity contribution >= 4 is 5.97 Å².